The predicted octanol–water partition coefficient (Wildman–Crippen LogP) is 2.38. The fourth-order valence-electron chi connectivity index (χ4n) is 2.11. The van der Waals surface area contributed by atoms with Gasteiger partial charge in [0.2, 0.25) is 0 Å². The van der Waals surface area contributed by atoms with E-state index in [2.05, 4.69) is 20.3 Å². The van der Waals surface area contributed by atoms with Crippen LogP contribution in [0.5, 0.6) is 0 Å². The van der Waals surface area contributed by atoms with Crippen molar-refractivity contribution >= 4 is 28.4 Å². The molecule has 9 heteroatoms. The molecule has 0 fully saturated rings. The van der Waals surface area contributed by atoms with Crippen LogP contribution in [0.3, 0.4) is 0 Å². The lowest BCUT2D eigenvalue weighted by Gasteiger charge is -2.09. The minimum atomic E-state index is -1.64. The number of nitrogens with one attached hydrogen (secondary N) is 1. The average molecular weight is 384 g/mol. The van der Waals surface area contributed by atoms with Crippen molar-refractivity contribution in [2.45, 2.75) is 18.7 Å². The van der Waals surface area contributed by atoms with Crippen molar-refractivity contribution in [3.63, 3.8) is 0 Å². The fourth-order valence-corrected chi connectivity index (χ4v) is 2.56. The van der Waals surface area contributed by atoms with E-state index in [4.69, 9.17) is 10.9 Å². The molecule has 1 amide bonds. The zero-order valence-corrected chi connectivity index (χ0v) is 15.7. The molecule has 1 aromatic carbocycles. The van der Waals surface area contributed by atoms with Gasteiger partial charge in [-0.15, -0.1) is 0 Å². The van der Waals surface area contributed by atoms with Gasteiger partial charge in [0.05, 0.1) is 16.8 Å². The van der Waals surface area contributed by atoms with E-state index in [0.29, 0.717) is 21.8 Å². The molecule has 2 aromatic heterocycles. The van der Waals surface area contributed by atoms with Crippen LogP contribution in [-0.4, -0.2) is 25.1 Å². The molecular weight excluding hydrogens is 364 g/mol. The maximum absolute atomic E-state index is 12.5. The summed E-state index contributed by atoms with van der Waals surface area (Å²) >= 11 is 0. The maximum atomic E-state index is 12.5. The molecule has 2 heterocycles. The van der Waals surface area contributed by atoms with Crippen molar-refractivity contribution < 1.29 is 9.00 Å². The smallest absolute Gasteiger partial charge is 0.278 e. The molecule has 0 radical (unpaired) electrons. The molecule has 0 bridgehead atoms. The van der Waals surface area contributed by atoms with E-state index in [1.54, 1.807) is 42.7 Å². The molecule has 5 N–H and O–H groups in total. The first-order valence-electron chi connectivity index (χ1n) is 8.15. The van der Waals surface area contributed by atoms with Crippen LogP contribution < -0.4 is 16.2 Å². The Morgan fingerprint density at radius 1 is 1.15 bits per heavy atom. The summed E-state index contributed by atoms with van der Waals surface area (Å²) in [5.74, 6) is -0.528. The van der Waals surface area contributed by atoms with Crippen LogP contribution in [0.25, 0.3) is 11.3 Å². The molecule has 0 aliphatic heterocycles. The van der Waals surface area contributed by atoms with E-state index >= 15 is 0 Å². The summed E-state index contributed by atoms with van der Waals surface area (Å²) < 4.78 is 11.3. The average Bonchev–Trinajstić information content (AvgIpc) is 2.70. The molecule has 1 unspecified atom stereocenters. The van der Waals surface area contributed by atoms with E-state index < -0.39 is 16.9 Å². The van der Waals surface area contributed by atoms with Crippen LogP contribution in [0.15, 0.2) is 59.9 Å². The standard InChI is InChI=1S/C16H14N6O2S.C2H6/c17-15-14(22-13(9-20-15)10-3-2-6-19-8-10)16(23)21-11-4-1-5-12(7-11)25(18)24;1-2/h1-9H,18H2,(H2,17,20)(H,21,23);1-2H3. The van der Waals surface area contributed by atoms with Gasteiger partial charge < -0.3 is 11.1 Å². The highest BCUT2D eigenvalue weighted by molar-refractivity contribution is 7.82. The van der Waals surface area contributed by atoms with Crippen LogP contribution in [0.4, 0.5) is 11.5 Å². The Kier molecular flexibility index (Phi) is 7.09. The molecule has 0 aliphatic rings. The first-order valence-corrected chi connectivity index (χ1v) is 9.36. The second-order valence-corrected chi connectivity index (χ2v) is 6.08. The van der Waals surface area contributed by atoms with Crippen LogP contribution in [-0.2, 0) is 11.0 Å². The number of nitrogens with zero attached hydrogens (tertiary/aromatic N) is 3. The van der Waals surface area contributed by atoms with Gasteiger partial charge in [-0.3, -0.25) is 9.78 Å². The van der Waals surface area contributed by atoms with Crippen molar-refractivity contribution in [1.29, 1.82) is 0 Å². The second kappa shape index (κ2) is 9.51. The van der Waals surface area contributed by atoms with Crippen LogP contribution >= 0.6 is 0 Å². The summed E-state index contributed by atoms with van der Waals surface area (Å²) in [4.78, 5) is 25.2. The third-order valence-corrected chi connectivity index (χ3v) is 4.02. The molecular formula is C18H20N6O2S. The van der Waals surface area contributed by atoms with Gasteiger partial charge in [-0.05, 0) is 30.3 Å². The summed E-state index contributed by atoms with van der Waals surface area (Å²) in [5, 5.41) is 7.99. The number of nitrogen functional groups attached to an aromatic ring is 1. The molecule has 140 valence electrons. The Labute approximate surface area is 159 Å². The lowest BCUT2D eigenvalue weighted by molar-refractivity contribution is 0.102. The Morgan fingerprint density at radius 2 is 1.93 bits per heavy atom. The second-order valence-electron chi connectivity index (χ2n) is 5.01. The van der Waals surface area contributed by atoms with Gasteiger partial charge in [-0.1, -0.05) is 19.9 Å². The van der Waals surface area contributed by atoms with Gasteiger partial charge >= 0.3 is 0 Å². The van der Waals surface area contributed by atoms with E-state index in [-0.39, 0.29) is 11.5 Å². The first kappa shape index (κ1) is 20.1. The van der Waals surface area contributed by atoms with Gasteiger partial charge in [0.15, 0.2) is 11.5 Å². The number of hydrogen-bond acceptors (Lipinski definition) is 6. The number of carbonyl (C=O) groups is 1. The zero-order chi connectivity index (χ0) is 19.8. The molecule has 3 rings (SSSR count). The molecule has 1 atom stereocenters. The number of nitrogens with two attached hydrogens (primary N) is 2. The Balaban J connectivity index is 0.00000126. The highest BCUT2D eigenvalue weighted by atomic mass is 32.2. The number of aromatic nitrogens is 3. The number of anilines is 2. The van der Waals surface area contributed by atoms with Crippen LogP contribution in [0.2, 0.25) is 0 Å². The lowest BCUT2D eigenvalue weighted by atomic mass is 10.2. The van der Waals surface area contributed by atoms with Gasteiger partial charge in [0.25, 0.3) is 5.91 Å². The maximum Gasteiger partial charge on any atom is 0.278 e. The molecule has 0 saturated carbocycles. The Hall–Kier alpha value is -3.17. The van der Waals surface area contributed by atoms with Crippen molar-refractivity contribution in [3.05, 3.63) is 60.7 Å². The Bertz CT molecular complexity index is 950. The number of carbonyl (C=O) groups excluding carboxylic acids is 1. The molecule has 0 saturated heterocycles. The quantitative estimate of drug-likeness (QED) is 0.631. The first-order chi connectivity index (χ1) is 13.0. The largest absolute Gasteiger partial charge is 0.382 e. The lowest BCUT2D eigenvalue weighted by Crippen LogP contribution is -2.17. The summed E-state index contributed by atoms with van der Waals surface area (Å²) in [5.41, 5.74) is 7.38. The molecule has 3 aromatic rings. The van der Waals surface area contributed by atoms with Crippen molar-refractivity contribution in [2.24, 2.45) is 5.14 Å². The zero-order valence-electron chi connectivity index (χ0n) is 14.9. The Morgan fingerprint density at radius 3 is 2.59 bits per heavy atom. The van der Waals surface area contributed by atoms with E-state index in [1.165, 1.54) is 12.3 Å². The number of pyridine rings is 1. The minimum Gasteiger partial charge on any atom is -0.382 e. The van der Waals surface area contributed by atoms with Gasteiger partial charge in [-0.2, -0.15) is 0 Å². The summed E-state index contributed by atoms with van der Waals surface area (Å²) in [6.45, 7) is 4.00. The van der Waals surface area contributed by atoms with E-state index in [9.17, 15) is 9.00 Å². The minimum absolute atomic E-state index is 0.00342. The molecule has 0 aliphatic carbocycles. The highest BCUT2D eigenvalue weighted by Crippen LogP contribution is 2.19. The van der Waals surface area contributed by atoms with E-state index in [1.807, 2.05) is 13.8 Å². The normalized spacial score (nSPS) is 11.1. The summed E-state index contributed by atoms with van der Waals surface area (Å²) in [6, 6.07) is 9.95. The number of rotatable bonds is 4. The van der Waals surface area contributed by atoms with Crippen LogP contribution in [0.1, 0.15) is 24.3 Å². The summed E-state index contributed by atoms with van der Waals surface area (Å²) in [6.07, 6.45) is 4.72. The number of benzene rings is 1. The topological polar surface area (TPSA) is 137 Å². The van der Waals surface area contributed by atoms with Crippen molar-refractivity contribution in [2.75, 3.05) is 11.1 Å². The van der Waals surface area contributed by atoms with E-state index in [0.717, 1.165) is 0 Å². The SMILES string of the molecule is CC.Nc1ncc(-c2cccnc2)nc1C(=O)Nc1cccc(S(N)=O)c1. The third kappa shape index (κ3) is 5.16. The van der Waals surface area contributed by atoms with Crippen LogP contribution in [0, 0.1) is 0 Å². The predicted molar refractivity (Wildman–Crippen MR) is 106 cm³/mol. The highest BCUT2D eigenvalue weighted by Gasteiger charge is 2.15. The number of amides is 1. The number of hydrogen-bond donors (Lipinski definition) is 3. The van der Waals surface area contributed by atoms with Gasteiger partial charge in [0.1, 0.15) is 11.0 Å². The van der Waals surface area contributed by atoms with Crippen molar-refractivity contribution in [1.82, 2.24) is 15.0 Å². The molecule has 8 nitrogen and oxygen atoms in total. The summed E-state index contributed by atoms with van der Waals surface area (Å²) in [7, 11) is -1.64. The van der Waals surface area contributed by atoms with Gasteiger partial charge in [0, 0.05) is 23.6 Å². The molecule has 27 heavy (non-hydrogen) atoms. The fraction of sp³-hybridized carbons (Fsp3) is 0.111. The van der Waals surface area contributed by atoms with Crippen molar-refractivity contribution in [3.8, 4) is 11.3 Å². The monoisotopic (exact) mass is 384 g/mol. The molecule has 0 spiro atoms. The van der Waals surface area contributed by atoms with Gasteiger partial charge in [-0.25, -0.2) is 19.3 Å². The third-order valence-electron chi connectivity index (χ3n) is 3.30.